The third-order valence-corrected chi connectivity index (χ3v) is 2.22. The summed E-state index contributed by atoms with van der Waals surface area (Å²) in [6.45, 7) is 4.96. The van der Waals surface area contributed by atoms with Gasteiger partial charge in [-0.1, -0.05) is 19.1 Å². The van der Waals surface area contributed by atoms with Gasteiger partial charge in [0.15, 0.2) is 11.6 Å². The van der Waals surface area contributed by atoms with E-state index >= 15 is 0 Å². The molecular formula is C12H18FNO2. The van der Waals surface area contributed by atoms with Crippen molar-refractivity contribution < 1.29 is 14.2 Å². The van der Waals surface area contributed by atoms with E-state index in [1.807, 2.05) is 6.92 Å². The summed E-state index contributed by atoms with van der Waals surface area (Å²) in [7, 11) is 0. The third-order valence-electron chi connectivity index (χ3n) is 2.22. The van der Waals surface area contributed by atoms with Crippen LogP contribution in [0.5, 0.6) is 5.75 Å². The minimum atomic E-state index is -0.625. The molecule has 0 heterocycles. The Morgan fingerprint density at radius 3 is 2.94 bits per heavy atom. The van der Waals surface area contributed by atoms with Crippen molar-refractivity contribution in [1.29, 1.82) is 0 Å². The van der Waals surface area contributed by atoms with E-state index in [0.717, 1.165) is 6.54 Å². The van der Waals surface area contributed by atoms with E-state index in [4.69, 9.17) is 4.74 Å². The molecule has 0 spiro atoms. The predicted octanol–water partition coefficient (Wildman–Crippen LogP) is 1.48. The molecule has 1 unspecified atom stereocenters. The molecule has 1 atom stereocenters. The molecule has 0 saturated carbocycles. The predicted molar refractivity (Wildman–Crippen MR) is 61.2 cm³/mol. The number of benzene rings is 1. The number of nitrogens with one attached hydrogen (secondary N) is 1. The molecule has 0 saturated heterocycles. The second-order valence-electron chi connectivity index (χ2n) is 3.66. The Morgan fingerprint density at radius 2 is 2.25 bits per heavy atom. The van der Waals surface area contributed by atoms with Crippen LogP contribution in [0.25, 0.3) is 0 Å². The first kappa shape index (κ1) is 12.9. The van der Waals surface area contributed by atoms with Crippen LogP contribution in [0.4, 0.5) is 4.39 Å². The largest absolute Gasteiger partial charge is 0.488 e. The fraction of sp³-hybridized carbons (Fsp3) is 0.500. The number of ether oxygens (including phenoxy) is 1. The second kappa shape index (κ2) is 6.45. The molecule has 1 aromatic rings. The summed E-state index contributed by atoms with van der Waals surface area (Å²) in [5.74, 6) is -0.173. The monoisotopic (exact) mass is 227 g/mol. The highest BCUT2D eigenvalue weighted by atomic mass is 19.1. The van der Waals surface area contributed by atoms with Gasteiger partial charge in [0.2, 0.25) is 0 Å². The summed E-state index contributed by atoms with van der Waals surface area (Å²) < 4.78 is 18.7. The molecule has 0 aromatic heterocycles. The average molecular weight is 227 g/mol. The second-order valence-corrected chi connectivity index (χ2v) is 3.66. The van der Waals surface area contributed by atoms with E-state index in [-0.39, 0.29) is 18.2 Å². The van der Waals surface area contributed by atoms with Crippen LogP contribution < -0.4 is 10.1 Å². The highest BCUT2D eigenvalue weighted by Gasteiger charge is 2.08. The third kappa shape index (κ3) is 3.79. The minimum Gasteiger partial charge on any atom is -0.488 e. The molecule has 4 heteroatoms. The molecule has 0 amide bonds. The zero-order valence-electron chi connectivity index (χ0n) is 9.66. The maximum Gasteiger partial charge on any atom is 0.167 e. The number of aryl methyl sites for hydroxylation is 1. The van der Waals surface area contributed by atoms with Gasteiger partial charge >= 0.3 is 0 Å². The van der Waals surface area contributed by atoms with Crippen LogP contribution in [0, 0.1) is 12.7 Å². The van der Waals surface area contributed by atoms with Crippen molar-refractivity contribution in [3.63, 3.8) is 0 Å². The van der Waals surface area contributed by atoms with Gasteiger partial charge in [0.1, 0.15) is 12.7 Å². The molecule has 0 aliphatic rings. The van der Waals surface area contributed by atoms with Crippen molar-refractivity contribution in [3.05, 3.63) is 29.6 Å². The van der Waals surface area contributed by atoms with Gasteiger partial charge in [0.05, 0.1) is 0 Å². The van der Waals surface area contributed by atoms with Gasteiger partial charge in [0, 0.05) is 6.54 Å². The van der Waals surface area contributed by atoms with Gasteiger partial charge in [-0.15, -0.1) is 0 Å². The lowest BCUT2D eigenvalue weighted by molar-refractivity contribution is 0.104. The smallest absolute Gasteiger partial charge is 0.167 e. The molecule has 0 aliphatic carbocycles. The maximum atomic E-state index is 13.5. The van der Waals surface area contributed by atoms with Crippen LogP contribution in [-0.4, -0.2) is 30.9 Å². The Kier molecular flexibility index (Phi) is 5.22. The van der Waals surface area contributed by atoms with E-state index < -0.39 is 6.10 Å². The Morgan fingerprint density at radius 1 is 1.50 bits per heavy atom. The van der Waals surface area contributed by atoms with E-state index in [2.05, 4.69) is 5.32 Å². The first-order valence-electron chi connectivity index (χ1n) is 5.41. The number of rotatable bonds is 6. The van der Waals surface area contributed by atoms with Crippen molar-refractivity contribution in [3.8, 4) is 5.75 Å². The molecule has 1 rings (SSSR count). The quantitative estimate of drug-likeness (QED) is 0.773. The molecule has 16 heavy (non-hydrogen) atoms. The summed E-state index contributed by atoms with van der Waals surface area (Å²) in [6.07, 6.45) is -0.625. The molecule has 1 aromatic carbocycles. The lowest BCUT2D eigenvalue weighted by atomic mass is 10.2. The molecular weight excluding hydrogens is 209 g/mol. The van der Waals surface area contributed by atoms with Crippen molar-refractivity contribution in [2.24, 2.45) is 0 Å². The maximum absolute atomic E-state index is 13.5. The van der Waals surface area contributed by atoms with E-state index in [1.54, 1.807) is 25.1 Å². The van der Waals surface area contributed by atoms with Crippen LogP contribution in [-0.2, 0) is 0 Å². The molecule has 0 aliphatic heterocycles. The zero-order chi connectivity index (χ0) is 12.0. The number of aliphatic hydroxyl groups excluding tert-OH is 1. The molecule has 0 fully saturated rings. The van der Waals surface area contributed by atoms with Crippen LogP contribution >= 0.6 is 0 Å². The Bertz CT molecular complexity index is 331. The minimum absolute atomic E-state index is 0.0906. The number of likely N-dealkylation sites (N-methyl/N-ethyl adjacent to an activating group) is 1. The van der Waals surface area contributed by atoms with Crippen molar-refractivity contribution in [2.75, 3.05) is 19.7 Å². The lowest BCUT2D eigenvalue weighted by Crippen LogP contribution is -2.31. The summed E-state index contributed by atoms with van der Waals surface area (Å²) in [6, 6.07) is 4.96. The molecule has 0 radical (unpaired) electrons. The number of hydrogen-bond donors (Lipinski definition) is 2. The summed E-state index contributed by atoms with van der Waals surface area (Å²) in [5, 5.41) is 12.5. The van der Waals surface area contributed by atoms with Crippen LogP contribution in [0.15, 0.2) is 18.2 Å². The molecule has 90 valence electrons. The van der Waals surface area contributed by atoms with Gasteiger partial charge in [-0.2, -0.15) is 0 Å². The number of aliphatic hydroxyl groups is 1. The van der Waals surface area contributed by atoms with E-state index in [1.165, 1.54) is 0 Å². The normalized spacial score (nSPS) is 12.5. The molecule has 3 nitrogen and oxygen atoms in total. The molecule has 2 N–H and O–H groups in total. The first-order chi connectivity index (χ1) is 7.65. The summed E-state index contributed by atoms with van der Waals surface area (Å²) >= 11 is 0. The topological polar surface area (TPSA) is 41.5 Å². The highest BCUT2D eigenvalue weighted by Crippen LogP contribution is 2.19. The summed E-state index contributed by atoms with van der Waals surface area (Å²) in [4.78, 5) is 0. The van der Waals surface area contributed by atoms with Gasteiger partial charge in [-0.25, -0.2) is 4.39 Å². The Labute approximate surface area is 95.2 Å². The van der Waals surface area contributed by atoms with Gasteiger partial charge in [-0.3, -0.25) is 0 Å². The Hall–Kier alpha value is -1.13. The average Bonchev–Trinajstić information content (AvgIpc) is 2.28. The zero-order valence-corrected chi connectivity index (χ0v) is 9.66. The van der Waals surface area contributed by atoms with Gasteiger partial charge in [-0.05, 0) is 25.1 Å². The lowest BCUT2D eigenvalue weighted by Gasteiger charge is -2.13. The van der Waals surface area contributed by atoms with Crippen LogP contribution in [0.1, 0.15) is 12.5 Å². The Balaban J connectivity index is 2.45. The van der Waals surface area contributed by atoms with Crippen molar-refractivity contribution in [2.45, 2.75) is 20.0 Å². The van der Waals surface area contributed by atoms with Gasteiger partial charge < -0.3 is 15.2 Å². The van der Waals surface area contributed by atoms with Crippen LogP contribution in [0.3, 0.4) is 0 Å². The number of hydrogen-bond acceptors (Lipinski definition) is 3. The summed E-state index contributed by atoms with van der Waals surface area (Å²) in [5.41, 5.74) is 0.540. The number of halogens is 1. The van der Waals surface area contributed by atoms with Crippen LogP contribution in [0.2, 0.25) is 0 Å². The van der Waals surface area contributed by atoms with Crippen molar-refractivity contribution >= 4 is 0 Å². The fourth-order valence-electron chi connectivity index (χ4n) is 1.29. The van der Waals surface area contributed by atoms with E-state index in [0.29, 0.717) is 12.1 Å². The van der Waals surface area contributed by atoms with Gasteiger partial charge in [0.25, 0.3) is 0 Å². The fourth-order valence-corrected chi connectivity index (χ4v) is 1.29. The highest BCUT2D eigenvalue weighted by molar-refractivity contribution is 5.30. The van der Waals surface area contributed by atoms with E-state index in [9.17, 15) is 9.50 Å². The molecule has 0 bridgehead atoms. The standard InChI is InChI=1S/C12H18FNO2/c1-3-14-7-10(15)8-16-11-6-4-5-9(2)12(11)13/h4-6,10,14-15H,3,7-8H2,1-2H3. The SMILES string of the molecule is CCNCC(O)COc1cccc(C)c1F. The first-order valence-corrected chi connectivity index (χ1v) is 5.41. The van der Waals surface area contributed by atoms with Crippen molar-refractivity contribution in [1.82, 2.24) is 5.32 Å².